The Kier molecular flexibility index (Phi) is 9.65. The van der Waals surface area contributed by atoms with Gasteiger partial charge < -0.3 is 31.1 Å². The maximum atomic E-state index is 14.0. The van der Waals surface area contributed by atoms with E-state index in [2.05, 4.69) is 15.5 Å². The molecule has 0 aliphatic carbocycles. The van der Waals surface area contributed by atoms with Gasteiger partial charge in [-0.25, -0.2) is 4.79 Å². The van der Waals surface area contributed by atoms with E-state index in [9.17, 15) is 14.4 Å². The number of hydrogen-bond donors (Lipinski definition) is 3. The summed E-state index contributed by atoms with van der Waals surface area (Å²) in [4.78, 5) is 50.0. The quantitative estimate of drug-likeness (QED) is 0.397. The number of piperidine rings is 2. The molecule has 6 rings (SSSR count). The molecule has 0 unspecified atom stereocenters. The number of piperazine rings is 1. The number of hydrogen-bond acceptors (Lipinski definition) is 7. The average molecular weight is 642 g/mol. The zero-order chi connectivity index (χ0) is 30.8. The third-order valence-electron chi connectivity index (χ3n) is 9.92. The predicted molar refractivity (Wildman–Crippen MR) is 175 cm³/mol. The van der Waals surface area contributed by atoms with Gasteiger partial charge in [-0.15, -0.1) is 11.3 Å². The minimum Gasteiger partial charge on any atom is -0.397 e. The molecule has 1 aromatic carbocycles. The predicted octanol–water partition coefficient (Wildman–Crippen LogP) is 3.78. The first kappa shape index (κ1) is 31.1. The first-order valence-corrected chi connectivity index (χ1v) is 17.2. The summed E-state index contributed by atoms with van der Waals surface area (Å²) < 4.78 is 0. The molecular formula is C32H44ClN7O3S. The largest absolute Gasteiger partial charge is 0.397 e. The number of carbonyl (C=O) groups is 3. The molecule has 1 atom stereocenters. The first-order chi connectivity index (χ1) is 21.3. The number of urea groups is 1. The average Bonchev–Trinajstić information content (AvgIpc) is 3.50. The van der Waals surface area contributed by atoms with Crippen LogP contribution in [0.25, 0.3) is 0 Å². The summed E-state index contributed by atoms with van der Waals surface area (Å²) in [5.74, 6) is -0.438. The van der Waals surface area contributed by atoms with Crippen molar-refractivity contribution in [1.29, 1.82) is 0 Å². The number of nitrogens with two attached hydrogens (primary N) is 1. The zero-order valence-electron chi connectivity index (χ0n) is 25.5. The Bertz CT molecular complexity index is 1340. The molecule has 4 amide bonds. The molecule has 238 valence electrons. The molecule has 0 spiro atoms. The molecule has 1 aromatic heterocycles. The summed E-state index contributed by atoms with van der Waals surface area (Å²) in [6, 6.07) is 6.36. The minimum atomic E-state index is -0.477. The number of anilines is 2. The first-order valence-electron chi connectivity index (χ1n) is 16.0. The number of rotatable bonds is 7. The zero-order valence-corrected chi connectivity index (χ0v) is 27.1. The number of carbonyl (C=O) groups excluding carboxylic acids is 3. The fourth-order valence-electron chi connectivity index (χ4n) is 7.26. The van der Waals surface area contributed by atoms with Crippen molar-refractivity contribution in [3.8, 4) is 0 Å². The smallest absolute Gasteiger partial charge is 0.322 e. The van der Waals surface area contributed by atoms with Crippen molar-refractivity contribution in [1.82, 2.24) is 24.9 Å². The van der Waals surface area contributed by atoms with Gasteiger partial charge in [-0.05, 0) is 80.8 Å². The topological polar surface area (TPSA) is 114 Å². The van der Waals surface area contributed by atoms with Crippen LogP contribution in [-0.2, 0) is 22.6 Å². The van der Waals surface area contributed by atoms with Crippen LogP contribution in [0.4, 0.5) is 16.2 Å². The molecule has 0 saturated carbocycles. The maximum absolute atomic E-state index is 14.0. The Morgan fingerprint density at radius 2 is 1.75 bits per heavy atom. The Balaban J connectivity index is 1.09. The van der Waals surface area contributed by atoms with Crippen LogP contribution in [0.2, 0.25) is 5.02 Å². The van der Waals surface area contributed by atoms with Gasteiger partial charge in [0.25, 0.3) is 0 Å². The van der Waals surface area contributed by atoms with Gasteiger partial charge in [0, 0.05) is 62.7 Å². The highest BCUT2D eigenvalue weighted by Crippen LogP contribution is 2.32. The van der Waals surface area contributed by atoms with Crippen molar-refractivity contribution in [2.45, 2.75) is 64.1 Å². The lowest BCUT2D eigenvalue weighted by molar-refractivity contribution is -0.143. The summed E-state index contributed by atoms with van der Waals surface area (Å²) in [5.41, 5.74) is 9.35. The van der Waals surface area contributed by atoms with Gasteiger partial charge in [-0.3, -0.25) is 14.5 Å². The number of likely N-dealkylation sites (tertiary alicyclic amines) is 1. The maximum Gasteiger partial charge on any atom is 0.322 e. The van der Waals surface area contributed by atoms with Crippen LogP contribution in [0, 0.1) is 12.8 Å². The molecule has 4 aliphatic rings. The highest BCUT2D eigenvalue weighted by atomic mass is 35.5. The van der Waals surface area contributed by atoms with Crippen LogP contribution in [0.1, 0.15) is 48.1 Å². The van der Waals surface area contributed by atoms with Gasteiger partial charge in [0.1, 0.15) is 0 Å². The van der Waals surface area contributed by atoms with Crippen LogP contribution >= 0.6 is 22.9 Å². The fraction of sp³-hybridized carbons (Fsp3) is 0.594. The SMILES string of the molecule is Cc1cc(C[C@@H](CC(=O)N2CCC(N3Cc4sccc4NC3=O)CC2)C(=O)N2CCN(C3CCNCC3)CC2)cc(Cl)c1N. The molecule has 12 heteroatoms. The van der Waals surface area contributed by atoms with Crippen LogP contribution < -0.4 is 16.4 Å². The number of aryl methyl sites for hydroxylation is 1. The Labute approximate surface area is 268 Å². The Morgan fingerprint density at radius 3 is 2.45 bits per heavy atom. The molecule has 4 N–H and O–H groups in total. The molecule has 44 heavy (non-hydrogen) atoms. The van der Waals surface area contributed by atoms with E-state index in [0.717, 1.165) is 68.7 Å². The molecule has 3 fully saturated rings. The van der Waals surface area contributed by atoms with Gasteiger partial charge >= 0.3 is 6.03 Å². The second-order valence-corrected chi connectivity index (χ2v) is 14.1. The molecule has 10 nitrogen and oxygen atoms in total. The van der Waals surface area contributed by atoms with Crippen molar-refractivity contribution in [2.75, 3.05) is 63.4 Å². The van der Waals surface area contributed by atoms with Crippen molar-refractivity contribution >= 4 is 52.2 Å². The Hall–Kier alpha value is -2.86. The summed E-state index contributed by atoms with van der Waals surface area (Å²) in [5, 5.41) is 8.91. The van der Waals surface area contributed by atoms with E-state index in [4.69, 9.17) is 17.3 Å². The van der Waals surface area contributed by atoms with Gasteiger partial charge in [0.2, 0.25) is 11.8 Å². The summed E-state index contributed by atoms with van der Waals surface area (Å²) >= 11 is 8.08. The highest BCUT2D eigenvalue weighted by molar-refractivity contribution is 7.10. The second kappa shape index (κ2) is 13.6. The molecular weight excluding hydrogens is 598 g/mol. The monoisotopic (exact) mass is 641 g/mol. The van der Waals surface area contributed by atoms with E-state index in [1.54, 1.807) is 11.3 Å². The summed E-state index contributed by atoms with van der Waals surface area (Å²) in [7, 11) is 0. The lowest BCUT2D eigenvalue weighted by atomic mass is 9.92. The second-order valence-electron chi connectivity index (χ2n) is 12.7. The fourth-order valence-corrected chi connectivity index (χ4v) is 8.38. The lowest BCUT2D eigenvalue weighted by Gasteiger charge is -2.42. The lowest BCUT2D eigenvalue weighted by Crippen LogP contribution is -2.55. The number of amides is 4. The van der Waals surface area contributed by atoms with Crippen LogP contribution in [0.3, 0.4) is 0 Å². The molecule has 4 aliphatic heterocycles. The van der Waals surface area contributed by atoms with E-state index >= 15 is 0 Å². The highest BCUT2D eigenvalue weighted by Gasteiger charge is 2.36. The molecule has 0 bridgehead atoms. The number of thiophene rings is 1. The number of nitrogen functional groups attached to an aromatic ring is 1. The number of fused-ring (bicyclic) bond motifs is 1. The van der Waals surface area contributed by atoms with Crippen molar-refractivity contribution in [3.63, 3.8) is 0 Å². The van der Waals surface area contributed by atoms with E-state index in [1.165, 1.54) is 4.88 Å². The van der Waals surface area contributed by atoms with Crippen molar-refractivity contribution in [2.24, 2.45) is 5.92 Å². The molecule has 2 aromatic rings. The van der Waals surface area contributed by atoms with E-state index < -0.39 is 5.92 Å². The number of nitrogens with one attached hydrogen (secondary N) is 2. The number of benzene rings is 1. The van der Waals surface area contributed by atoms with Gasteiger partial charge in [0.15, 0.2) is 0 Å². The van der Waals surface area contributed by atoms with E-state index in [-0.39, 0.29) is 30.3 Å². The van der Waals surface area contributed by atoms with E-state index in [1.807, 2.05) is 45.2 Å². The van der Waals surface area contributed by atoms with Crippen molar-refractivity contribution < 1.29 is 14.4 Å². The van der Waals surface area contributed by atoms with E-state index in [0.29, 0.717) is 55.9 Å². The molecule has 3 saturated heterocycles. The third kappa shape index (κ3) is 6.85. The van der Waals surface area contributed by atoms with Gasteiger partial charge in [-0.2, -0.15) is 0 Å². The molecule has 0 radical (unpaired) electrons. The van der Waals surface area contributed by atoms with Crippen LogP contribution in [-0.4, -0.2) is 102 Å². The third-order valence-corrected chi connectivity index (χ3v) is 11.1. The van der Waals surface area contributed by atoms with Gasteiger partial charge in [0.05, 0.1) is 28.9 Å². The van der Waals surface area contributed by atoms with Crippen molar-refractivity contribution in [3.05, 3.63) is 44.6 Å². The summed E-state index contributed by atoms with van der Waals surface area (Å²) in [6.45, 7) is 8.89. The van der Waals surface area contributed by atoms with Crippen LogP contribution in [0.15, 0.2) is 23.6 Å². The Morgan fingerprint density at radius 1 is 1.02 bits per heavy atom. The minimum absolute atomic E-state index is 0.00274. The van der Waals surface area contributed by atoms with Crippen LogP contribution in [0.5, 0.6) is 0 Å². The number of nitrogens with zero attached hydrogens (tertiary/aromatic N) is 4. The standard InChI is InChI=1S/C32H44ClN7O3S/c1-21-16-22(18-26(33)30(21)34)17-23(31(42)39-13-11-37(12-14-39)24-2-7-35-8-3-24)19-29(41)38-9-4-25(5-10-38)40-20-28-27(6-15-44-28)36-32(40)43/h6,15-16,18,23-25,35H,2-5,7-14,17,19-20,34H2,1H3,(H,36,43)/t23-/m0/s1. The molecule has 5 heterocycles. The number of halogens is 1. The summed E-state index contributed by atoms with van der Waals surface area (Å²) in [6.07, 6.45) is 4.34. The van der Waals surface area contributed by atoms with Gasteiger partial charge in [-0.1, -0.05) is 17.7 Å². The normalized spacial score (nSPS) is 21.2.